The van der Waals surface area contributed by atoms with Crippen molar-refractivity contribution >= 4 is 21.7 Å². The van der Waals surface area contributed by atoms with Gasteiger partial charge in [0.05, 0.1) is 24.5 Å². The summed E-state index contributed by atoms with van der Waals surface area (Å²) in [4.78, 5) is 25.8. The molecule has 2 atom stereocenters. The van der Waals surface area contributed by atoms with Crippen molar-refractivity contribution in [3.8, 4) is 5.75 Å². The quantitative estimate of drug-likeness (QED) is 0.849. The van der Waals surface area contributed by atoms with Gasteiger partial charge in [-0.2, -0.15) is 0 Å². The van der Waals surface area contributed by atoms with Gasteiger partial charge in [0, 0.05) is 6.54 Å². The fraction of sp³-hybridized carbons (Fsp3) is 0.529. The number of benzene rings is 1. The van der Waals surface area contributed by atoms with Crippen molar-refractivity contribution in [3.05, 3.63) is 29.3 Å². The van der Waals surface area contributed by atoms with E-state index in [9.17, 15) is 23.1 Å². The smallest absolute Gasteiger partial charge is 0.327 e. The third-order valence-electron chi connectivity index (χ3n) is 4.96. The molecule has 1 aromatic carbocycles. The predicted molar refractivity (Wildman–Crippen MR) is 90.5 cm³/mol. The first-order valence-corrected chi connectivity index (χ1v) is 10.0. The Labute approximate surface area is 146 Å². The molecule has 1 N–H and O–H groups in total. The molecule has 2 unspecified atom stereocenters. The van der Waals surface area contributed by atoms with Crippen LogP contribution in [0.15, 0.2) is 18.2 Å². The molecule has 1 aromatic rings. The normalized spacial score (nSPS) is 25.1. The summed E-state index contributed by atoms with van der Waals surface area (Å²) in [5.41, 5.74) is 1.91. The van der Waals surface area contributed by atoms with E-state index in [4.69, 9.17) is 4.74 Å². The zero-order valence-electron chi connectivity index (χ0n) is 14.0. The molecule has 25 heavy (non-hydrogen) atoms. The van der Waals surface area contributed by atoms with E-state index >= 15 is 0 Å². The van der Waals surface area contributed by atoms with Gasteiger partial charge in [0.1, 0.15) is 11.8 Å². The highest BCUT2D eigenvalue weighted by Crippen LogP contribution is 2.36. The standard InChI is InChI=1S/C17H21NO6S/c1-24-12-6-5-11-3-2-4-13(14(11)9-12)16(19)18-7-8-25(22,23)10-15(18)17(20)21/h5-6,9,13,15H,2-4,7-8,10H2,1H3,(H,20,21). The lowest BCUT2D eigenvalue weighted by Gasteiger charge is -2.36. The molecular formula is C17H21NO6S. The third kappa shape index (κ3) is 3.49. The molecule has 136 valence electrons. The van der Waals surface area contributed by atoms with Crippen molar-refractivity contribution in [2.24, 2.45) is 0 Å². The van der Waals surface area contributed by atoms with Gasteiger partial charge >= 0.3 is 5.97 Å². The van der Waals surface area contributed by atoms with E-state index in [1.54, 1.807) is 7.11 Å². The first-order chi connectivity index (χ1) is 11.8. The summed E-state index contributed by atoms with van der Waals surface area (Å²) in [5.74, 6) is -2.11. The van der Waals surface area contributed by atoms with Gasteiger partial charge in [-0.05, 0) is 42.5 Å². The number of amides is 1. The number of sulfone groups is 1. The van der Waals surface area contributed by atoms with Crippen LogP contribution in [0.4, 0.5) is 0 Å². The number of carbonyl (C=O) groups excluding carboxylic acids is 1. The number of carboxylic acid groups (broad SMARTS) is 1. The van der Waals surface area contributed by atoms with Gasteiger partial charge in [-0.3, -0.25) is 4.79 Å². The van der Waals surface area contributed by atoms with Crippen LogP contribution in [-0.2, 0) is 25.8 Å². The topological polar surface area (TPSA) is 101 Å². The van der Waals surface area contributed by atoms with E-state index in [1.807, 2.05) is 18.2 Å². The third-order valence-corrected chi connectivity index (χ3v) is 6.59. The van der Waals surface area contributed by atoms with Crippen molar-refractivity contribution < 1.29 is 27.9 Å². The van der Waals surface area contributed by atoms with Crippen LogP contribution in [0.2, 0.25) is 0 Å². The van der Waals surface area contributed by atoms with Crippen LogP contribution >= 0.6 is 0 Å². The Morgan fingerprint density at radius 2 is 2.08 bits per heavy atom. The van der Waals surface area contributed by atoms with Crippen LogP contribution < -0.4 is 4.74 Å². The lowest BCUT2D eigenvalue weighted by molar-refractivity contribution is -0.150. The lowest BCUT2D eigenvalue weighted by atomic mass is 9.81. The average Bonchev–Trinajstić information content (AvgIpc) is 2.59. The van der Waals surface area contributed by atoms with Gasteiger partial charge in [-0.1, -0.05) is 6.07 Å². The SMILES string of the molecule is COc1ccc2c(c1)C(C(=O)N1CCS(=O)(=O)CC1C(=O)O)CCC2. The second-order valence-corrected chi connectivity index (χ2v) is 8.74. The molecule has 1 saturated heterocycles. The van der Waals surface area contributed by atoms with E-state index in [2.05, 4.69) is 0 Å². The van der Waals surface area contributed by atoms with Crippen LogP contribution in [0.1, 0.15) is 29.9 Å². The number of aryl methyl sites for hydroxylation is 1. The fourth-order valence-corrected chi connectivity index (χ4v) is 5.08. The Morgan fingerprint density at radius 3 is 2.76 bits per heavy atom. The van der Waals surface area contributed by atoms with Crippen LogP contribution in [0, 0.1) is 0 Å². The zero-order valence-corrected chi connectivity index (χ0v) is 14.8. The monoisotopic (exact) mass is 367 g/mol. The van der Waals surface area contributed by atoms with Crippen molar-refractivity contribution in [1.29, 1.82) is 0 Å². The molecule has 8 heteroatoms. The highest BCUT2D eigenvalue weighted by atomic mass is 32.2. The van der Waals surface area contributed by atoms with Gasteiger partial charge in [0.15, 0.2) is 9.84 Å². The van der Waals surface area contributed by atoms with E-state index in [0.29, 0.717) is 12.2 Å². The number of carbonyl (C=O) groups is 2. The predicted octanol–water partition coefficient (Wildman–Crippen LogP) is 0.825. The van der Waals surface area contributed by atoms with Crippen LogP contribution in [0.5, 0.6) is 5.75 Å². The Morgan fingerprint density at radius 1 is 1.32 bits per heavy atom. The van der Waals surface area contributed by atoms with Crippen molar-refractivity contribution in [1.82, 2.24) is 4.90 Å². The molecule has 1 aliphatic carbocycles. The number of hydrogen-bond acceptors (Lipinski definition) is 5. The van der Waals surface area contributed by atoms with Gasteiger partial charge in [0.2, 0.25) is 5.91 Å². The molecule has 2 aliphatic rings. The number of carboxylic acids is 1. The number of ether oxygens (including phenoxy) is 1. The van der Waals surface area contributed by atoms with Crippen molar-refractivity contribution in [3.63, 3.8) is 0 Å². The maximum Gasteiger partial charge on any atom is 0.327 e. The summed E-state index contributed by atoms with van der Waals surface area (Å²) < 4.78 is 28.8. The Kier molecular flexibility index (Phi) is 4.73. The Hall–Kier alpha value is -2.09. The van der Waals surface area contributed by atoms with E-state index in [-0.39, 0.29) is 18.2 Å². The zero-order chi connectivity index (χ0) is 18.2. The van der Waals surface area contributed by atoms with Gasteiger partial charge in [-0.25, -0.2) is 13.2 Å². The Balaban J connectivity index is 1.92. The Bertz CT molecular complexity index is 803. The first kappa shape index (κ1) is 17.7. The summed E-state index contributed by atoms with van der Waals surface area (Å²) in [6.45, 7) is -0.0755. The molecule has 1 aliphatic heterocycles. The largest absolute Gasteiger partial charge is 0.497 e. The molecule has 0 saturated carbocycles. The van der Waals surface area contributed by atoms with Crippen LogP contribution in [-0.4, -0.2) is 61.5 Å². The highest BCUT2D eigenvalue weighted by molar-refractivity contribution is 7.91. The van der Waals surface area contributed by atoms with Crippen molar-refractivity contribution in [2.75, 3.05) is 25.2 Å². The molecule has 0 spiro atoms. The molecule has 0 bridgehead atoms. The molecule has 0 radical (unpaired) electrons. The van der Waals surface area contributed by atoms with Crippen LogP contribution in [0.3, 0.4) is 0 Å². The molecule has 1 heterocycles. The number of hydrogen-bond donors (Lipinski definition) is 1. The van der Waals surface area contributed by atoms with E-state index in [0.717, 1.165) is 24.0 Å². The molecule has 0 aromatic heterocycles. The minimum absolute atomic E-state index is 0.0755. The first-order valence-electron chi connectivity index (χ1n) is 8.23. The maximum atomic E-state index is 13.1. The number of aliphatic carboxylic acids is 1. The summed E-state index contributed by atoms with van der Waals surface area (Å²) in [6.07, 6.45) is 2.31. The molecule has 1 amide bonds. The number of fused-ring (bicyclic) bond motifs is 1. The molecular weight excluding hydrogens is 346 g/mol. The van der Waals surface area contributed by atoms with E-state index in [1.165, 1.54) is 4.90 Å². The summed E-state index contributed by atoms with van der Waals surface area (Å²) in [6, 6.07) is 4.29. The maximum absolute atomic E-state index is 13.1. The van der Waals surface area contributed by atoms with Gasteiger partial charge < -0.3 is 14.7 Å². The summed E-state index contributed by atoms with van der Waals surface area (Å²) >= 11 is 0. The van der Waals surface area contributed by atoms with E-state index < -0.39 is 33.5 Å². The lowest BCUT2D eigenvalue weighted by Crippen LogP contribution is -2.56. The van der Waals surface area contributed by atoms with Crippen LogP contribution in [0.25, 0.3) is 0 Å². The molecule has 1 fully saturated rings. The second kappa shape index (κ2) is 6.67. The number of rotatable bonds is 3. The summed E-state index contributed by atoms with van der Waals surface area (Å²) in [7, 11) is -1.89. The minimum atomic E-state index is -3.44. The second-order valence-electron chi connectivity index (χ2n) is 6.51. The number of nitrogens with zero attached hydrogens (tertiary/aromatic N) is 1. The summed E-state index contributed by atoms with van der Waals surface area (Å²) in [5, 5.41) is 9.39. The molecule has 3 rings (SSSR count). The highest BCUT2D eigenvalue weighted by Gasteiger charge is 2.41. The minimum Gasteiger partial charge on any atom is -0.497 e. The number of methoxy groups -OCH3 is 1. The molecule has 7 nitrogen and oxygen atoms in total. The van der Waals surface area contributed by atoms with Crippen molar-refractivity contribution in [2.45, 2.75) is 31.2 Å². The average molecular weight is 367 g/mol. The van der Waals surface area contributed by atoms with Gasteiger partial charge in [0.25, 0.3) is 0 Å². The fourth-order valence-electron chi connectivity index (χ4n) is 3.64. The van der Waals surface area contributed by atoms with Gasteiger partial charge in [-0.15, -0.1) is 0 Å².